The maximum absolute atomic E-state index is 12.4. The number of alkyl halides is 2. The van der Waals surface area contributed by atoms with Gasteiger partial charge >= 0.3 is 6.61 Å². The molecule has 1 amide bonds. The quantitative estimate of drug-likeness (QED) is 0.910. The minimum Gasteiger partial charge on any atom is -0.435 e. The number of aromatic amines is 1. The molecule has 1 aromatic carbocycles. The average Bonchev–Trinajstić information content (AvgIpc) is 2.72. The van der Waals surface area contributed by atoms with Crippen LogP contribution in [0, 0.1) is 6.92 Å². The van der Waals surface area contributed by atoms with Crippen LogP contribution in [-0.4, -0.2) is 28.5 Å². The third-order valence-corrected chi connectivity index (χ3v) is 4.55. The molecule has 2 N–H and O–H groups in total. The number of anilines is 1. The van der Waals surface area contributed by atoms with Crippen LogP contribution in [0.1, 0.15) is 22.1 Å². The molecule has 0 spiro atoms. The van der Waals surface area contributed by atoms with E-state index in [1.54, 1.807) is 12.1 Å². The van der Waals surface area contributed by atoms with Crippen LogP contribution < -0.4 is 10.1 Å². The average molecular weight is 325 g/mol. The predicted molar refractivity (Wildman–Crippen MR) is 79.3 cm³/mol. The summed E-state index contributed by atoms with van der Waals surface area (Å²) in [5.74, 6) is 0.706. The van der Waals surface area contributed by atoms with E-state index < -0.39 is 6.61 Å². The second kappa shape index (κ2) is 5.96. The fourth-order valence-electron chi connectivity index (χ4n) is 2.38. The number of carbonyl (C=O) groups is 1. The van der Waals surface area contributed by atoms with Crippen LogP contribution >= 0.6 is 11.8 Å². The summed E-state index contributed by atoms with van der Waals surface area (Å²) in [6.45, 7) is -1.01. The first-order valence-corrected chi connectivity index (χ1v) is 7.60. The van der Waals surface area contributed by atoms with Gasteiger partial charge in [0.1, 0.15) is 5.75 Å². The van der Waals surface area contributed by atoms with E-state index in [1.165, 1.54) is 17.8 Å². The zero-order valence-corrected chi connectivity index (χ0v) is 12.4. The lowest BCUT2D eigenvalue weighted by molar-refractivity contribution is -0.113. The van der Waals surface area contributed by atoms with E-state index in [-0.39, 0.29) is 22.7 Å². The number of carbonyl (C=O) groups excluding carboxylic acids is 1. The number of aryl methyl sites for hydroxylation is 1. The van der Waals surface area contributed by atoms with Crippen LogP contribution in [0.3, 0.4) is 0 Å². The van der Waals surface area contributed by atoms with E-state index in [0.717, 1.165) is 16.8 Å². The number of hydrogen-bond acceptors (Lipinski definition) is 4. The first kappa shape index (κ1) is 14.8. The number of thioether (sulfide) groups is 1. The molecule has 5 nitrogen and oxygen atoms in total. The Labute approximate surface area is 129 Å². The Morgan fingerprint density at radius 2 is 2.27 bits per heavy atom. The smallest absolute Gasteiger partial charge is 0.387 e. The van der Waals surface area contributed by atoms with Crippen LogP contribution in [0.2, 0.25) is 0 Å². The van der Waals surface area contributed by atoms with E-state index in [4.69, 9.17) is 0 Å². The molecule has 116 valence electrons. The SMILES string of the molecule is Cc1[nH]nc2c1[C@@H](c1cccc(OC(F)F)c1)SCC(=O)N2. The normalized spacial score (nSPS) is 17.8. The van der Waals surface area contributed by atoms with Crippen LogP contribution in [-0.2, 0) is 4.79 Å². The molecule has 2 heterocycles. The van der Waals surface area contributed by atoms with Gasteiger partial charge in [0.25, 0.3) is 0 Å². The third kappa shape index (κ3) is 2.92. The second-order valence-corrected chi connectivity index (χ2v) is 5.89. The summed E-state index contributed by atoms with van der Waals surface area (Å²) in [5, 5.41) is 9.49. The van der Waals surface area contributed by atoms with E-state index in [2.05, 4.69) is 20.3 Å². The van der Waals surface area contributed by atoms with Crippen molar-refractivity contribution in [3.05, 3.63) is 41.1 Å². The fraction of sp³-hybridized carbons (Fsp3) is 0.286. The van der Waals surface area contributed by atoms with Crippen molar-refractivity contribution in [2.24, 2.45) is 0 Å². The van der Waals surface area contributed by atoms with Gasteiger partial charge in [-0.05, 0) is 24.6 Å². The summed E-state index contributed by atoms with van der Waals surface area (Å²) >= 11 is 1.42. The molecule has 22 heavy (non-hydrogen) atoms. The molecule has 0 saturated carbocycles. The molecule has 0 unspecified atom stereocenters. The molecule has 2 aromatic rings. The van der Waals surface area contributed by atoms with Gasteiger partial charge in [-0.25, -0.2) is 0 Å². The molecule has 0 saturated heterocycles. The number of benzene rings is 1. The van der Waals surface area contributed by atoms with Crippen LogP contribution in [0.4, 0.5) is 14.6 Å². The lowest BCUT2D eigenvalue weighted by atomic mass is 10.0. The topological polar surface area (TPSA) is 67.0 Å². The summed E-state index contributed by atoms with van der Waals surface area (Å²) in [6.07, 6.45) is 0. The lowest BCUT2D eigenvalue weighted by Gasteiger charge is -2.16. The molecule has 0 bridgehead atoms. The van der Waals surface area contributed by atoms with Gasteiger partial charge in [0.05, 0.1) is 11.0 Å². The predicted octanol–water partition coefficient (Wildman–Crippen LogP) is 3.09. The number of H-pyrrole nitrogens is 1. The number of halogens is 2. The molecular formula is C14H13F2N3O2S. The minimum absolute atomic E-state index is 0.0966. The highest BCUT2D eigenvalue weighted by Gasteiger charge is 2.28. The Bertz CT molecular complexity index is 705. The van der Waals surface area contributed by atoms with Gasteiger partial charge in [0.2, 0.25) is 5.91 Å². The van der Waals surface area contributed by atoms with Crippen molar-refractivity contribution in [3.63, 3.8) is 0 Å². The van der Waals surface area contributed by atoms with Crippen molar-refractivity contribution in [1.29, 1.82) is 0 Å². The van der Waals surface area contributed by atoms with Gasteiger partial charge in [-0.3, -0.25) is 9.89 Å². The second-order valence-electron chi connectivity index (χ2n) is 4.80. The number of ether oxygens (including phenoxy) is 1. The van der Waals surface area contributed by atoms with Gasteiger partial charge in [-0.2, -0.15) is 13.9 Å². The molecule has 1 aliphatic heterocycles. The molecule has 0 fully saturated rings. The lowest BCUT2D eigenvalue weighted by Crippen LogP contribution is -2.12. The van der Waals surface area contributed by atoms with Crippen molar-refractivity contribution in [2.75, 3.05) is 11.1 Å². The third-order valence-electron chi connectivity index (χ3n) is 3.28. The highest BCUT2D eigenvalue weighted by atomic mass is 32.2. The van der Waals surface area contributed by atoms with Crippen molar-refractivity contribution in [2.45, 2.75) is 18.8 Å². The number of rotatable bonds is 3. The number of nitrogens with zero attached hydrogens (tertiary/aromatic N) is 1. The van der Waals surface area contributed by atoms with Crippen LogP contribution in [0.15, 0.2) is 24.3 Å². The number of aromatic nitrogens is 2. The molecule has 8 heteroatoms. The number of fused-ring (bicyclic) bond motifs is 1. The van der Waals surface area contributed by atoms with Gasteiger partial charge in [0, 0.05) is 11.3 Å². The van der Waals surface area contributed by atoms with Crippen molar-refractivity contribution in [1.82, 2.24) is 10.2 Å². The standard InChI is InChI=1S/C14H13F2N3O2S/c1-7-11-12(22-6-10(20)17-13(11)19-18-7)8-3-2-4-9(5-8)21-14(15)16/h2-5,12,14H,6H2,1H3,(H2,17,18,19,20)/t12-/m1/s1. The fourth-order valence-corrected chi connectivity index (χ4v) is 3.57. The molecule has 3 rings (SSSR count). The van der Waals surface area contributed by atoms with E-state index in [9.17, 15) is 13.6 Å². The maximum Gasteiger partial charge on any atom is 0.387 e. The molecule has 0 radical (unpaired) electrons. The Morgan fingerprint density at radius 1 is 1.45 bits per heavy atom. The highest BCUT2D eigenvalue weighted by molar-refractivity contribution is 8.00. The summed E-state index contributed by atoms with van der Waals surface area (Å²) in [5.41, 5.74) is 2.46. The summed E-state index contributed by atoms with van der Waals surface area (Å²) in [7, 11) is 0. The Balaban J connectivity index is 2.00. The summed E-state index contributed by atoms with van der Waals surface area (Å²) < 4.78 is 29.2. The van der Waals surface area contributed by atoms with Crippen molar-refractivity contribution >= 4 is 23.5 Å². The Kier molecular flexibility index (Phi) is 4.02. The summed E-state index contributed by atoms with van der Waals surface area (Å²) in [6, 6.07) is 6.52. The van der Waals surface area contributed by atoms with Gasteiger partial charge in [-0.1, -0.05) is 12.1 Å². The van der Waals surface area contributed by atoms with Gasteiger partial charge in [0.15, 0.2) is 5.82 Å². The maximum atomic E-state index is 12.4. The van der Waals surface area contributed by atoms with Gasteiger partial charge < -0.3 is 10.1 Å². The zero-order valence-electron chi connectivity index (χ0n) is 11.6. The summed E-state index contributed by atoms with van der Waals surface area (Å²) in [4.78, 5) is 11.7. The Hall–Kier alpha value is -2.09. The first-order chi connectivity index (χ1) is 10.5. The molecular weight excluding hydrogens is 312 g/mol. The van der Waals surface area contributed by atoms with E-state index in [1.807, 2.05) is 13.0 Å². The van der Waals surface area contributed by atoms with Crippen LogP contribution in [0.5, 0.6) is 5.75 Å². The van der Waals surface area contributed by atoms with Crippen LogP contribution in [0.25, 0.3) is 0 Å². The minimum atomic E-state index is -2.87. The molecule has 1 aromatic heterocycles. The molecule has 1 atom stereocenters. The van der Waals surface area contributed by atoms with Crippen molar-refractivity contribution in [3.8, 4) is 5.75 Å². The molecule has 0 aliphatic carbocycles. The van der Waals surface area contributed by atoms with Gasteiger partial charge in [-0.15, -0.1) is 11.8 Å². The first-order valence-electron chi connectivity index (χ1n) is 6.55. The van der Waals surface area contributed by atoms with E-state index >= 15 is 0 Å². The number of amides is 1. The van der Waals surface area contributed by atoms with Crippen molar-refractivity contribution < 1.29 is 18.3 Å². The Morgan fingerprint density at radius 3 is 3.05 bits per heavy atom. The number of nitrogens with one attached hydrogen (secondary N) is 2. The highest BCUT2D eigenvalue weighted by Crippen LogP contribution is 2.42. The number of hydrogen-bond donors (Lipinski definition) is 2. The van der Waals surface area contributed by atoms with E-state index in [0.29, 0.717) is 5.82 Å². The monoisotopic (exact) mass is 325 g/mol. The molecule has 1 aliphatic rings. The zero-order chi connectivity index (χ0) is 15.7. The largest absolute Gasteiger partial charge is 0.435 e.